The van der Waals surface area contributed by atoms with Crippen molar-refractivity contribution in [2.24, 2.45) is 0 Å². The van der Waals surface area contributed by atoms with E-state index in [0.717, 1.165) is 47.0 Å². The summed E-state index contributed by atoms with van der Waals surface area (Å²) < 4.78 is 10.8. The third-order valence-electron chi connectivity index (χ3n) is 4.78. The molecule has 0 bridgehead atoms. The molecule has 1 aromatic heterocycles. The minimum atomic E-state index is -0.841. The standard InChI is InChI=1S/C21H21NO4/c1-2-3-4-13-5-7-17-15(9-13)16(11-20(23)24)21(22-17)14-6-8-18-19(10-14)26-12-25-18/h5-10,22H,2-4,11-12H2,1H3,(H,23,24). The Balaban J connectivity index is 1.83. The van der Waals surface area contributed by atoms with Gasteiger partial charge in [-0.1, -0.05) is 19.4 Å². The number of H-pyrrole nitrogens is 1. The van der Waals surface area contributed by atoms with Crippen molar-refractivity contribution in [1.82, 2.24) is 4.98 Å². The Hall–Kier alpha value is -2.95. The molecule has 3 aromatic rings. The quantitative estimate of drug-likeness (QED) is 0.684. The van der Waals surface area contributed by atoms with Crippen molar-refractivity contribution in [3.05, 3.63) is 47.5 Å². The molecule has 1 aliphatic rings. The van der Waals surface area contributed by atoms with Gasteiger partial charge in [-0.25, -0.2) is 0 Å². The maximum absolute atomic E-state index is 11.5. The van der Waals surface area contributed by atoms with E-state index < -0.39 is 5.97 Å². The van der Waals surface area contributed by atoms with E-state index in [1.165, 1.54) is 5.56 Å². The average molecular weight is 351 g/mol. The maximum atomic E-state index is 11.5. The van der Waals surface area contributed by atoms with Crippen LogP contribution in [0.1, 0.15) is 30.9 Å². The van der Waals surface area contributed by atoms with Crippen molar-refractivity contribution in [2.75, 3.05) is 6.79 Å². The molecule has 0 spiro atoms. The van der Waals surface area contributed by atoms with Crippen LogP contribution >= 0.6 is 0 Å². The predicted octanol–water partition coefficient (Wildman–Crippen LogP) is 4.53. The lowest BCUT2D eigenvalue weighted by molar-refractivity contribution is -0.136. The monoisotopic (exact) mass is 351 g/mol. The van der Waals surface area contributed by atoms with Crippen LogP contribution in [0.4, 0.5) is 0 Å². The van der Waals surface area contributed by atoms with Gasteiger partial charge >= 0.3 is 5.97 Å². The number of hydrogen-bond donors (Lipinski definition) is 2. The van der Waals surface area contributed by atoms with Gasteiger partial charge < -0.3 is 19.6 Å². The lowest BCUT2D eigenvalue weighted by Crippen LogP contribution is -2.01. The number of aliphatic carboxylic acids is 1. The van der Waals surface area contributed by atoms with Gasteiger partial charge in [0.1, 0.15) is 0 Å². The molecule has 0 unspecified atom stereocenters. The van der Waals surface area contributed by atoms with Crippen molar-refractivity contribution in [1.29, 1.82) is 0 Å². The van der Waals surface area contributed by atoms with Gasteiger partial charge in [0.2, 0.25) is 6.79 Å². The zero-order valence-electron chi connectivity index (χ0n) is 14.7. The molecule has 2 N–H and O–H groups in total. The number of rotatable bonds is 6. The third-order valence-corrected chi connectivity index (χ3v) is 4.78. The fraction of sp³-hybridized carbons (Fsp3) is 0.286. The van der Waals surface area contributed by atoms with Gasteiger partial charge in [0, 0.05) is 16.5 Å². The van der Waals surface area contributed by atoms with E-state index in [-0.39, 0.29) is 13.2 Å². The molecule has 2 heterocycles. The highest BCUT2D eigenvalue weighted by molar-refractivity contribution is 5.94. The molecular weight excluding hydrogens is 330 g/mol. The fourth-order valence-corrected chi connectivity index (χ4v) is 3.46. The Bertz CT molecular complexity index is 974. The number of carboxylic acids is 1. The normalized spacial score (nSPS) is 12.7. The smallest absolute Gasteiger partial charge is 0.307 e. The zero-order valence-corrected chi connectivity index (χ0v) is 14.7. The van der Waals surface area contributed by atoms with Crippen LogP contribution in [0.15, 0.2) is 36.4 Å². The maximum Gasteiger partial charge on any atom is 0.307 e. The predicted molar refractivity (Wildman–Crippen MR) is 99.8 cm³/mol. The van der Waals surface area contributed by atoms with E-state index >= 15 is 0 Å². The highest BCUT2D eigenvalue weighted by atomic mass is 16.7. The fourth-order valence-electron chi connectivity index (χ4n) is 3.46. The molecule has 1 aliphatic heterocycles. The van der Waals surface area contributed by atoms with Crippen LogP contribution in [0.3, 0.4) is 0 Å². The van der Waals surface area contributed by atoms with E-state index in [0.29, 0.717) is 11.5 Å². The highest BCUT2D eigenvalue weighted by Crippen LogP contribution is 2.38. The van der Waals surface area contributed by atoms with Gasteiger partial charge in [-0.05, 0) is 54.3 Å². The minimum Gasteiger partial charge on any atom is -0.481 e. The second kappa shape index (κ2) is 6.75. The minimum absolute atomic E-state index is 0.0268. The first-order valence-electron chi connectivity index (χ1n) is 8.91. The molecule has 26 heavy (non-hydrogen) atoms. The van der Waals surface area contributed by atoms with Crippen molar-refractivity contribution in [2.45, 2.75) is 32.6 Å². The molecule has 2 aromatic carbocycles. The van der Waals surface area contributed by atoms with Crippen molar-refractivity contribution >= 4 is 16.9 Å². The van der Waals surface area contributed by atoms with Crippen LogP contribution in [-0.4, -0.2) is 22.9 Å². The second-order valence-corrected chi connectivity index (χ2v) is 6.60. The Kier molecular flexibility index (Phi) is 4.29. The molecule has 0 atom stereocenters. The van der Waals surface area contributed by atoms with E-state index in [1.807, 2.05) is 24.3 Å². The van der Waals surface area contributed by atoms with Gasteiger partial charge in [-0.3, -0.25) is 4.79 Å². The lowest BCUT2D eigenvalue weighted by atomic mass is 10.00. The first-order valence-corrected chi connectivity index (χ1v) is 8.91. The van der Waals surface area contributed by atoms with Crippen LogP contribution in [-0.2, 0) is 17.6 Å². The largest absolute Gasteiger partial charge is 0.481 e. The van der Waals surface area contributed by atoms with E-state index in [4.69, 9.17) is 9.47 Å². The number of carbonyl (C=O) groups is 1. The summed E-state index contributed by atoms with van der Waals surface area (Å²) in [6.45, 7) is 2.39. The summed E-state index contributed by atoms with van der Waals surface area (Å²) in [4.78, 5) is 14.9. The molecule has 0 fully saturated rings. The molecule has 0 saturated carbocycles. The molecule has 0 saturated heterocycles. The number of benzene rings is 2. The number of ether oxygens (including phenoxy) is 2. The van der Waals surface area contributed by atoms with Gasteiger partial charge in [-0.2, -0.15) is 0 Å². The number of unbranched alkanes of at least 4 members (excludes halogenated alkanes) is 1. The van der Waals surface area contributed by atoms with Crippen LogP contribution in [0.5, 0.6) is 11.5 Å². The highest BCUT2D eigenvalue weighted by Gasteiger charge is 2.19. The van der Waals surface area contributed by atoms with Gasteiger partial charge in [0.25, 0.3) is 0 Å². The Morgan fingerprint density at radius 3 is 2.81 bits per heavy atom. The van der Waals surface area contributed by atoms with Crippen molar-refractivity contribution in [3.8, 4) is 22.8 Å². The van der Waals surface area contributed by atoms with E-state index in [1.54, 1.807) is 0 Å². The topological polar surface area (TPSA) is 71.5 Å². The van der Waals surface area contributed by atoms with E-state index in [9.17, 15) is 9.90 Å². The molecule has 134 valence electrons. The molecule has 5 heteroatoms. The summed E-state index contributed by atoms with van der Waals surface area (Å²) in [5.74, 6) is 0.560. The Morgan fingerprint density at radius 2 is 2.00 bits per heavy atom. The number of aromatic amines is 1. The first-order chi connectivity index (χ1) is 12.7. The lowest BCUT2D eigenvalue weighted by Gasteiger charge is -2.05. The molecule has 5 nitrogen and oxygen atoms in total. The number of hydrogen-bond acceptors (Lipinski definition) is 3. The van der Waals surface area contributed by atoms with Crippen molar-refractivity contribution < 1.29 is 19.4 Å². The van der Waals surface area contributed by atoms with Crippen LogP contribution < -0.4 is 9.47 Å². The summed E-state index contributed by atoms with van der Waals surface area (Å²) >= 11 is 0. The molecule has 0 amide bonds. The number of nitrogens with one attached hydrogen (secondary N) is 1. The van der Waals surface area contributed by atoms with Crippen LogP contribution in [0.25, 0.3) is 22.2 Å². The van der Waals surface area contributed by atoms with Crippen molar-refractivity contribution in [3.63, 3.8) is 0 Å². The summed E-state index contributed by atoms with van der Waals surface area (Å²) in [7, 11) is 0. The summed E-state index contributed by atoms with van der Waals surface area (Å²) in [5, 5.41) is 10.4. The zero-order chi connectivity index (χ0) is 18.1. The molecule has 0 aliphatic carbocycles. The second-order valence-electron chi connectivity index (χ2n) is 6.60. The number of aryl methyl sites for hydroxylation is 1. The third kappa shape index (κ3) is 3.01. The average Bonchev–Trinajstić information content (AvgIpc) is 3.23. The van der Waals surface area contributed by atoms with Gasteiger partial charge in [0.15, 0.2) is 11.5 Å². The van der Waals surface area contributed by atoms with E-state index in [2.05, 4.69) is 24.0 Å². The molecule has 4 rings (SSSR count). The summed E-state index contributed by atoms with van der Waals surface area (Å²) in [6.07, 6.45) is 3.24. The number of fused-ring (bicyclic) bond motifs is 2. The summed E-state index contributed by atoms with van der Waals surface area (Å²) in [5.41, 5.74) is 4.73. The van der Waals surface area contributed by atoms with Gasteiger partial charge in [-0.15, -0.1) is 0 Å². The SMILES string of the molecule is CCCCc1ccc2[nH]c(-c3ccc4c(c3)OCO4)c(CC(=O)O)c2c1. The van der Waals surface area contributed by atoms with Crippen LogP contribution in [0.2, 0.25) is 0 Å². The Morgan fingerprint density at radius 1 is 1.15 bits per heavy atom. The Labute approximate surface area is 151 Å². The number of aromatic nitrogens is 1. The first kappa shape index (κ1) is 16.5. The number of carboxylic acid groups (broad SMARTS) is 1. The van der Waals surface area contributed by atoms with Crippen LogP contribution in [0, 0.1) is 0 Å². The molecular formula is C21H21NO4. The van der Waals surface area contributed by atoms with Gasteiger partial charge in [0.05, 0.1) is 12.1 Å². The molecule has 0 radical (unpaired) electrons. The summed E-state index contributed by atoms with van der Waals surface area (Å²) in [6, 6.07) is 12.0.